The number of ether oxygens (including phenoxy) is 2. The van der Waals surface area contributed by atoms with Crippen LogP contribution in [-0.2, 0) is 0 Å². The zero-order chi connectivity index (χ0) is 16.7. The molecule has 1 amide bonds. The maximum absolute atomic E-state index is 12.1. The average molecular weight is 316 g/mol. The van der Waals surface area contributed by atoms with Gasteiger partial charge in [0.2, 0.25) is 5.95 Å². The molecule has 0 aliphatic rings. The van der Waals surface area contributed by atoms with Crippen molar-refractivity contribution in [1.82, 2.24) is 15.3 Å². The molecule has 1 atom stereocenters. The summed E-state index contributed by atoms with van der Waals surface area (Å²) >= 11 is 0. The fourth-order valence-electron chi connectivity index (χ4n) is 1.88. The molecule has 0 fully saturated rings. The van der Waals surface area contributed by atoms with E-state index >= 15 is 0 Å². The minimum absolute atomic E-state index is 0.184. The van der Waals surface area contributed by atoms with Crippen LogP contribution < -0.4 is 20.1 Å². The molecule has 1 heterocycles. The molecule has 2 aromatic rings. The summed E-state index contributed by atoms with van der Waals surface area (Å²) in [7, 11) is 3.30. The minimum atomic E-state index is -0.247. The maximum Gasteiger partial charge on any atom is 0.254 e. The van der Waals surface area contributed by atoms with E-state index in [0.29, 0.717) is 29.6 Å². The number of nitrogens with zero attached hydrogens (tertiary/aromatic N) is 2. The van der Waals surface area contributed by atoms with E-state index in [1.54, 1.807) is 14.2 Å². The molecule has 0 radical (unpaired) electrons. The third-order valence-corrected chi connectivity index (χ3v) is 3.07. The van der Waals surface area contributed by atoms with E-state index < -0.39 is 0 Å². The predicted molar refractivity (Wildman–Crippen MR) is 87.0 cm³/mol. The van der Waals surface area contributed by atoms with Crippen LogP contribution in [-0.4, -0.2) is 42.7 Å². The largest absolute Gasteiger partial charge is 0.493 e. The molecule has 0 aliphatic heterocycles. The first-order valence-corrected chi connectivity index (χ1v) is 7.20. The molecule has 1 aromatic carbocycles. The fraction of sp³-hybridized carbons (Fsp3) is 0.312. The highest BCUT2D eigenvalue weighted by atomic mass is 16.5. The Labute approximate surface area is 135 Å². The molecular formula is C16H20N4O3. The molecule has 122 valence electrons. The zero-order valence-electron chi connectivity index (χ0n) is 13.4. The zero-order valence-corrected chi connectivity index (χ0v) is 13.4. The Morgan fingerprint density at radius 2 is 1.87 bits per heavy atom. The first kappa shape index (κ1) is 16.5. The summed E-state index contributed by atoms with van der Waals surface area (Å²) in [5.74, 6) is 1.51. The Kier molecular flexibility index (Phi) is 5.74. The lowest BCUT2D eigenvalue weighted by atomic mass is 10.2. The second-order valence-electron chi connectivity index (χ2n) is 4.88. The fourth-order valence-corrected chi connectivity index (χ4v) is 1.88. The molecule has 0 bridgehead atoms. The van der Waals surface area contributed by atoms with Crippen LogP contribution >= 0.6 is 0 Å². The van der Waals surface area contributed by atoms with Crippen molar-refractivity contribution >= 4 is 11.9 Å². The first-order chi connectivity index (χ1) is 11.1. The van der Waals surface area contributed by atoms with E-state index in [0.717, 1.165) is 0 Å². The normalized spacial score (nSPS) is 11.4. The SMILES string of the molecule is CNc1ncc(C(=O)N[C@H](C)COc2ccccc2OC)cn1. The molecule has 0 saturated heterocycles. The van der Waals surface area contributed by atoms with Gasteiger partial charge in [0.1, 0.15) is 6.61 Å². The quantitative estimate of drug-likeness (QED) is 0.809. The molecule has 7 nitrogen and oxygen atoms in total. The number of benzene rings is 1. The van der Waals surface area contributed by atoms with Crippen molar-refractivity contribution in [2.75, 3.05) is 26.1 Å². The Morgan fingerprint density at radius 1 is 1.22 bits per heavy atom. The third-order valence-electron chi connectivity index (χ3n) is 3.07. The number of aromatic nitrogens is 2. The number of anilines is 1. The van der Waals surface area contributed by atoms with Crippen molar-refractivity contribution in [2.24, 2.45) is 0 Å². The van der Waals surface area contributed by atoms with Gasteiger partial charge in [0.25, 0.3) is 5.91 Å². The van der Waals surface area contributed by atoms with Gasteiger partial charge >= 0.3 is 0 Å². The van der Waals surface area contributed by atoms with Gasteiger partial charge in [-0.05, 0) is 19.1 Å². The molecule has 2 rings (SSSR count). The number of rotatable bonds is 7. The van der Waals surface area contributed by atoms with Crippen LogP contribution in [0.2, 0.25) is 0 Å². The summed E-state index contributed by atoms with van der Waals surface area (Å²) in [6, 6.07) is 7.18. The van der Waals surface area contributed by atoms with Crippen LogP contribution in [0.5, 0.6) is 11.5 Å². The van der Waals surface area contributed by atoms with Crippen LogP contribution in [0.1, 0.15) is 17.3 Å². The smallest absolute Gasteiger partial charge is 0.254 e. The van der Waals surface area contributed by atoms with Gasteiger partial charge in [-0.15, -0.1) is 0 Å². The highest BCUT2D eigenvalue weighted by Crippen LogP contribution is 2.25. The first-order valence-electron chi connectivity index (χ1n) is 7.20. The number of carbonyl (C=O) groups excluding carboxylic acids is 1. The van der Waals surface area contributed by atoms with Gasteiger partial charge in [-0.25, -0.2) is 9.97 Å². The van der Waals surface area contributed by atoms with Crippen molar-refractivity contribution < 1.29 is 14.3 Å². The number of carbonyl (C=O) groups is 1. The van der Waals surface area contributed by atoms with Gasteiger partial charge < -0.3 is 20.1 Å². The summed E-state index contributed by atoms with van der Waals surface area (Å²) in [5.41, 5.74) is 0.396. The molecular weight excluding hydrogens is 296 g/mol. The second kappa shape index (κ2) is 7.98. The summed E-state index contributed by atoms with van der Waals surface area (Å²) in [4.78, 5) is 20.1. The molecule has 0 spiro atoms. The summed E-state index contributed by atoms with van der Waals surface area (Å²) < 4.78 is 10.9. The Morgan fingerprint density at radius 3 is 2.48 bits per heavy atom. The number of nitrogens with one attached hydrogen (secondary N) is 2. The highest BCUT2D eigenvalue weighted by molar-refractivity contribution is 5.93. The average Bonchev–Trinajstić information content (AvgIpc) is 2.60. The van der Waals surface area contributed by atoms with Gasteiger partial charge in [-0.2, -0.15) is 0 Å². The van der Waals surface area contributed by atoms with Gasteiger partial charge in [-0.1, -0.05) is 12.1 Å². The molecule has 7 heteroatoms. The Balaban J connectivity index is 1.88. The third kappa shape index (κ3) is 4.57. The lowest BCUT2D eigenvalue weighted by molar-refractivity contribution is 0.0925. The van der Waals surface area contributed by atoms with Crippen molar-refractivity contribution in [3.8, 4) is 11.5 Å². The van der Waals surface area contributed by atoms with Crippen LogP contribution in [0.4, 0.5) is 5.95 Å². The number of methoxy groups -OCH3 is 1. The molecule has 0 saturated carbocycles. The van der Waals surface area contributed by atoms with Gasteiger partial charge in [0.05, 0.1) is 18.7 Å². The van der Waals surface area contributed by atoms with Crippen LogP contribution in [0.25, 0.3) is 0 Å². The monoisotopic (exact) mass is 316 g/mol. The van der Waals surface area contributed by atoms with E-state index in [2.05, 4.69) is 20.6 Å². The predicted octanol–water partition coefficient (Wildman–Crippen LogP) is 1.72. The van der Waals surface area contributed by atoms with E-state index in [-0.39, 0.29) is 11.9 Å². The number of hydrogen-bond donors (Lipinski definition) is 2. The number of hydrogen-bond acceptors (Lipinski definition) is 6. The minimum Gasteiger partial charge on any atom is -0.493 e. The van der Waals surface area contributed by atoms with Crippen molar-refractivity contribution in [3.63, 3.8) is 0 Å². The van der Waals surface area contributed by atoms with Gasteiger partial charge in [0.15, 0.2) is 11.5 Å². The maximum atomic E-state index is 12.1. The number of amides is 1. The van der Waals surface area contributed by atoms with Crippen LogP contribution in [0, 0.1) is 0 Å². The van der Waals surface area contributed by atoms with Gasteiger partial charge in [0, 0.05) is 19.4 Å². The molecule has 2 N–H and O–H groups in total. The summed E-state index contributed by atoms with van der Waals surface area (Å²) in [6.07, 6.45) is 2.95. The summed E-state index contributed by atoms with van der Waals surface area (Å²) in [5, 5.41) is 5.63. The Hall–Kier alpha value is -2.83. The molecule has 23 heavy (non-hydrogen) atoms. The Bertz CT molecular complexity index is 646. The van der Waals surface area contributed by atoms with Gasteiger partial charge in [-0.3, -0.25) is 4.79 Å². The second-order valence-corrected chi connectivity index (χ2v) is 4.88. The van der Waals surface area contributed by atoms with Crippen molar-refractivity contribution in [1.29, 1.82) is 0 Å². The van der Waals surface area contributed by atoms with E-state index in [9.17, 15) is 4.79 Å². The van der Waals surface area contributed by atoms with Crippen molar-refractivity contribution in [3.05, 3.63) is 42.2 Å². The van der Waals surface area contributed by atoms with E-state index in [1.807, 2.05) is 31.2 Å². The molecule has 0 unspecified atom stereocenters. The van der Waals surface area contributed by atoms with E-state index in [4.69, 9.17) is 9.47 Å². The summed E-state index contributed by atoms with van der Waals surface area (Å²) in [6.45, 7) is 2.18. The van der Waals surface area contributed by atoms with E-state index in [1.165, 1.54) is 12.4 Å². The standard InChI is InChI=1S/C16H20N4O3/c1-11(10-23-14-7-5-4-6-13(14)22-3)20-15(21)12-8-18-16(17-2)19-9-12/h4-9,11H,10H2,1-3H3,(H,20,21)(H,17,18,19)/t11-/m1/s1. The lowest BCUT2D eigenvalue weighted by Gasteiger charge is -2.16. The van der Waals surface area contributed by atoms with Crippen molar-refractivity contribution in [2.45, 2.75) is 13.0 Å². The molecule has 0 aliphatic carbocycles. The lowest BCUT2D eigenvalue weighted by Crippen LogP contribution is -2.36. The van der Waals surface area contributed by atoms with Crippen LogP contribution in [0.15, 0.2) is 36.7 Å². The molecule has 1 aromatic heterocycles. The topological polar surface area (TPSA) is 85.4 Å². The number of para-hydroxylation sites is 2. The highest BCUT2D eigenvalue weighted by Gasteiger charge is 2.12. The van der Waals surface area contributed by atoms with Crippen LogP contribution in [0.3, 0.4) is 0 Å².